The summed E-state index contributed by atoms with van der Waals surface area (Å²) in [6, 6.07) is 7.55. The third-order valence-corrected chi connectivity index (χ3v) is 4.19. The average Bonchev–Trinajstić information content (AvgIpc) is 2.88. The molecule has 1 heterocycles. The Bertz CT molecular complexity index is 988. The quantitative estimate of drug-likeness (QED) is 0.377. The summed E-state index contributed by atoms with van der Waals surface area (Å²) in [5, 5.41) is 30.3. The molecule has 0 bridgehead atoms. The molecule has 0 aliphatic rings. The van der Waals surface area contributed by atoms with Crippen molar-refractivity contribution in [3.63, 3.8) is 0 Å². The zero-order valence-electron chi connectivity index (χ0n) is 14.1. The molecule has 1 N–H and O–H groups in total. The maximum Gasteiger partial charge on any atom is 0.269 e. The summed E-state index contributed by atoms with van der Waals surface area (Å²) in [5.74, 6) is 0.832. The van der Waals surface area contributed by atoms with Crippen molar-refractivity contribution in [2.45, 2.75) is 27.2 Å². The first-order chi connectivity index (χ1) is 11.9. The van der Waals surface area contributed by atoms with Gasteiger partial charge < -0.3 is 9.52 Å². The molecule has 1 aromatic heterocycles. The SMILES string of the molecule is CCc1cc2oc(C)c(C)c2c(N=Nc2ccc([N+](=O)[O-])cc2)c1O. The molecular formula is C18H17N3O4. The van der Waals surface area contributed by atoms with Crippen LogP contribution in [0.1, 0.15) is 23.8 Å². The second-order valence-corrected chi connectivity index (χ2v) is 5.72. The minimum atomic E-state index is -0.474. The van der Waals surface area contributed by atoms with E-state index in [9.17, 15) is 15.2 Å². The Kier molecular flexibility index (Phi) is 4.22. The third kappa shape index (κ3) is 2.96. The lowest BCUT2D eigenvalue weighted by Gasteiger charge is -2.06. The Morgan fingerprint density at radius 2 is 1.88 bits per heavy atom. The van der Waals surface area contributed by atoms with Gasteiger partial charge in [0.15, 0.2) is 0 Å². The highest BCUT2D eigenvalue weighted by molar-refractivity contribution is 5.96. The number of hydrogen-bond donors (Lipinski definition) is 1. The second-order valence-electron chi connectivity index (χ2n) is 5.72. The maximum absolute atomic E-state index is 10.7. The van der Waals surface area contributed by atoms with E-state index in [0.29, 0.717) is 23.4 Å². The molecule has 0 fully saturated rings. The van der Waals surface area contributed by atoms with Crippen LogP contribution in [0.3, 0.4) is 0 Å². The summed E-state index contributed by atoms with van der Waals surface area (Å²) in [7, 11) is 0. The average molecular weight is 339 g/mol. The van der Waals surface area contributed by atoms with Crippen molar-refractivity contribution in [3.8, 4) is 5.75 Å². The van der Waals surface area contributed by atoms with Crippen LogP contribution in [0.2, 0.25) is 0 Å². The number of hydrogen-bond acceptors (Lipinski definition) is 6. The van der Waals surface area contributed by atoms with Gasteiger partial charge in [0.2, 0.25) is 0 Å². The van der Waals surface area contributed by atoms with Gasteiger partial charge in [-0.25, -0.2) is 0 Å². The zero-order chi connectivity index (χ0) is 18.1. The highest BCUT2D eigenvalue weighted by Gasteiger charge is 2.18. The number of nitro benzene ring substituents is 1. The van der Waals surface area contributed by atoms with Crippen LogP contribution >= 0.6 is 0 Å². The third-order valence-electron chi connectivity index (χ3n) is 4.19. The van der Waals surface area contributed by atoms with Crippen molar-refractivity contribution >= 4 is 28.0 Å². The standard InChI is InChI=1S/C18H17N3O4/c1-4-12-9-15-16(10(2)11(3)25-15)17(18(12)22)20-19-13-5-7-14(8-6-13)21(23)24/h5-9,22H,4H2,1-3H3. The van der Waals surface area contributed by atoms with E-state index in [1.54, 1.807) is 0 Å². The molecule has 3 aromatic rings. The number of benzene rings is 2. The van der Waals surface area contributed by atoms with Gasteiger partial charge in [0.25, 0.3) is 5.69 Å². The van der Waals surface area contributed by atoms with Gasteiger partial charge >= 0.3 is 0 Å². The number of phenolic OH excluding ortho intramolecular Hbond substituents is 1. The fourth-order valence-corrected chi connectivity index (χ4v) is 2.66. The lowest BCUT2D eigenvalue weighted by molar-refractivity contribution is -0.384. The topological polar surface area (TPSA) is 101 Å². The molecular weight excluding hydrogens is 322 g/mol. The Labute approximate surface area is 143 Å². The number of rotatable bonds is 4. The van der Waals surface area contributed by atoms with Crippen molar-refractivity contribution in [3.05, 3.63) is 57.3 Å². The highest BCUT2D eigenvalue weighted by atomic mass is 16.6. The first-order valence-electron chi connectivity index (χ1n) is 7.83. The van der Waals surface area contributed by atoms with Crippen LogP contribution in [0.5, 0.6) is 5.75 Å². The van der Waals surface area contributed by atoms with Gasteiger partial charge in [0, 0.05) is 17.7 Å². The molecule has 0 saturated carbocycles. The van der Waals surface area contributed by atoms with Gasteiger partial charge in [-0.2, -0.15) is 5.11 Å². The summed E-state index contributed by atoms with van der Waals surface area (Å²) in [6.45, 7) is 5.69. The van der Waals surface area contributed by atoms with Crippen LogP contribution in [0.15, 0.2) is 45.0 Å². The normalized spacial score (nSPS) is 11.5. The van der Waals surface area contributed by atoms with Gasteiger partial charge in [-0.05, 0) is 44.0 Å². The minimum absolute atomic E-state index is 0.0153. The molecule has 2 aromatic carbocycles. The number of nitrogens with zero attached hydrogens (tertiary/aromatic N) is 3. The molecule has 7 heteroatoms. The van der Waals surface area contributed by atoms with E-state index in [2.05, 4.69) is 10.2 Å². The number of aryl methyl sites for hydroxylation is 3. The van der Waals surface area contributed by atoms with Crippen molar-refractivity contribution < 1.29 is 14.4 Å². The Hall–Kier alpha value is -3.22. The van der Waals surface area contributed by atoms with E-state index in [1.165, 1.54) is 24.3 Å². The fourth-order valence-electron chi connectivity index (χ4n) is 2.66. The monoisotopic (exact) mass is 339 g/mol. The second kappa shape index (κ2) is 6.35. The van der Waals surface area contributed by atoms with Gasteiger partial charge in [-0.1, -0.05) is 6.92 Å². The Morgan fingerprint density at radius 1 is 1.20 bits per heavy atom. The molecule has 0 unspecified atom stereocenters. The summed E-state index contributed by atoms with van der Waals surface area (Å²) in [6.07, 6.45) is 0.626. The molecule has 0 spiro atoms. The fraction of sp³-hybridized carbons (Fsp3) is 0.222. The smallest absolute Gasteiger partial charge is 0.269 e. The summed E-state index contributed by atoms with van der Waals surface area (Å²) in [4.78, 5) is 10.2. The van der Waals surface area contributed by atoms with Crippen molar-refractivity contribution in [2.24, 2.45) is 10.2 Å². The predicted molar refractivity (Wildman–Crippen MR) is 94.0 cm³/mol. The first-order valence-corrected chi connectivity index (χ1v) is 7.83. The van der Waals surface area contributed by atoms with E-state index >= 15 is 0 Å². The van der Waals surface area contributed by atoms with E-state index in [1.807, 2.05) is 26.8 Å². The van der Waals surface area contributed by atoms with Crippen molar-refractivity contribution in [1.82, 2.24) is 0 Å². The molecule has 0 aliphatic carbocycles. The van der Waals surface area contributed by atoms with Crippen LogP contribution in [-0.2, 0) is 6.42 Å². The van der Waals surface area contributed by atoms with E-state index in [4.69, 9.17) is 4.42 Å². The number of non-ortho nitro benzene ring substituents is 1. The number of nitro groups is 1. The molecule has 0 amide bonds. The maximum atomic E-state index is 10.7. The lowest BCUT2D eigenvalue weighted by Crippen LogP contribution is -1.85. The molecule has 0 radical (unpaired) electrons. The van der Waals surface area contributed by atoms with E-state index < -0.39 is 4.92 Å². The van der Waals surface area contributed by atoms with Gasteiger partial charge in [-0.15, -0.1) is 5.11 Å². The summed E-state index contributed by atoms with van der Waals surface area (Å²) >= 11 is 0. The number of azo groups is 1. The van der Waals surface area contributed by atoms with Crippen molar-refractivity contribution in [2.75, 3.05) is 0 Å². The van der Waals surface area contributed by atoms with Gasteiger partial charge in [-0.3, -0.25) is 10.1 Å². The molecule has 3 rings (SSSR count). The summed E-state index contributed by atoms with van der Waals surface area (Å²) < 4.78 is 5.74. The lowest BCUT2D eigenvalue weighted by atomic mass is 10.0. The Balaban J connectivity index is 2.10. The molecule has 0 saturated heterocycles. The molecule has 0 atom stereocenters. The van der Waals surface area contributed by atoms with Crippen LogP contribution in [-0.4, -0.2) is 10.0 Å². The first kappa shape index (κ1) is 16.6. The van der Waals surface area contributed by atoms with Crippen LogP contribution < -0.4 is 0 Å². The molecule has 0 aliphatic heterocycles. The number of furan rings is 1. The number of aromatic hydroxyl groups is 1. The van der Waals surface area contributed by atoms with Gasteiger partial charge in [0.1, 0.15) is 22.8 Å². The van der Waals surface area contributed by atoms with Crippen LogP contribution in [0, 0.1) is 24.0 Å². The number of fused-ring (bicyclic) bond motifs is 1. The number of phenols is 1. The van der Waals surface area contributed by atoms with E-state index in [0.717, 1.165) is 22.3 Å². The van der Waals surface area contributed by atoms with Gasteiger partial charge in [0.05, 0.1) is 16.0 Å². The molecule has 25 heavy (non-hydrogen) atoms. The van der Waals surface area contributed by atoms with E-state index in [-0.39, 0.29) is 11.4 Å². The minimum Gasteiger partial charge on any atom is -0.505 e. The zero-order valence-corrected chi connectivity index (χ0v) is 14.1. The molecule has 7 nitrogen and oxygen atoms in total. The van der Waals surface area contributed by atoms with Crippen LogP contribution in [0.25, 0.3) is 11.0 Å². The largest absolute Gasteiger partial charge is 0.505 e. The van der Waals surface area contributed by atoms with Crippen molar-refractivity contribution in [1.29, 1.82) is 0 Å². The highest BCUT2D eigenvalue weighted by Crippen LogP contribution is 2.43. The Morgan fingerprint density at radius 3 is 2.48 bits per heavy atom. The molecule has 128 valence electrons. The predicted octanol–water partition coefficient (Wildman–Crippen LogP) is 5.64. The van der Waals surface area contributed by atoms with Crippen LogP contribution in [0.4, 0.5) is 17.1 Å². The summed E-state index contributed by atoms with van der Waals surface area (Å²) in [5.41, 5.74) is 3.06.